The summed E-state index contributed by atoms with van der Waals surface area (Å²) in [6.07, 6.45) is 4.66. The normalized spacial score (nSPS) is 12.8. The van der Waals surface area contributed by atoms with Gasteiger partial charge in [-0.1, -0.05) is 53.0 Å². The second-order valence-corrected chi connectivity index (χ2v) is 5.33. The quantitative estimate of drug-likeness (QED) is 0.544. The molecular formula is C11H10Cl3N. The average molecular weight is 263 g/mol. The summed E-state index contributed by atoms with van der Waals surface area (Å²) in [6, 6.07) is 7.81. The largest absolute Gasteiger partial charge is 0.257 e. The van der Waals surface area contributed by atoms with Crippen LogP contribution in [0.3, 0.4) is 0 Å². The highest BCUT2D eigenvalue weighted by Crippen LogP contribution is 2.27. The van der Waals surface area contributed by atoms with Gasteiger partial charge >= 0.3 is 0 Å². The summed E-state index contributed by atoms with van der Waals surface area (Å²) in [7, 11) is 0. The van der Waals surface area contributed by atoms with Crippen molar-refractivity contribution in [2.75, 3.05) is 0 Å². The van der Waals surface area contributed by atoms with Crippen molar-refractivity contribution in [3.63, 3.8) is 0 Å². The molecule has 4 heteroatoms. The second kappa shape index (κ2) is 5.55. The fraction of sp³-hybridized carbons (Fsp3) is 0.182. The summed E-state index contributed by atoms with van der Waals surface area (Å²) in [5.74, 6) is 0. The highest BCUT2D eigenvalue weighted by atomic mass is 35.6. The van der Waals surface area contributed by atoms with Gasteiger partial charge < -0.3 is 0 Å². The molecule has 0 aliphatic rings. The number of aliphatic imine (C=N–C) groups is 1. The van der Waals surface area contributed by atoms with Gasteiger partial charge in [0.05, 0.1) is 5.69 Å². The van der Waals surface area contributed by atoms with Gasteiger partial charge in [-0.2, -0.15) is 0 Å². The Hall–Kier alpha value is -0.500. The highest BCUT2D eigenvalue weighted by molar-refractivity contribution is 6.69. The van der Waals surface area contributed by atoms with Crippen molar-refractivity contribution in [3.05, 3.63) is 42.0 Å². The lowest BCUT2D eigenvalue weighted by Crippen LogP contribution is -1.93. The maximum atomic E-state index is 5.53. The molecule has 1 rings (SSSR count). The molecule has 80 valence electrons. The van der Waals surface area contributed by atoms with E-state index >= 15 is 0 Å². The predicted octanol–water partition coefficient (Wildman–Crippen LogP) is 4.62. The standard InChI is InChI=1S/C11H10Cl3N/c1-9-5-2-3-6-10(9)15-8-4-7-11(12,13)14/h2-8H,1H3/b7-4-,15-8?. The maximum Gasteiger partial charge on any atom is 0.209 e. The lowest BCUT2D eigenvalue weighted by atomic mass is 10.2. The van der Waals surface area contributed by atoms with E-state index in [2.05, 4.69) is 4.99 Å². The molecule has 0 saturated carbocycles. The molecule has 15 heavy (non-hydrogen) atoms. The minimum absolute atomic E-state index is 0.909. The van der Waals surface area contributed by atoms with Gasteiger partial charge in [0.1, 0.15) is 0 Å². The van der Waals surface area contributed by atoms with Crippen molar-refractivity contribution in [1.82, 2.24) is 0 Å². The summed E-state index contributed by atoms with van der Waals surface area (Å²) < 4.78 is -1.36. The van der Waals surface area contributed by atoms with Gasteiger partial charge in [-0.25, -0.2) is 0 Å². The molecule has 0 amide bonds. The van der Waals surface area contributed by atoms with Crippen LogP contribution in [0.4, 0.5) is 5.69 Å². The van der Waals surface area contributed by atoms with Crippen molar-refractivity contribution in [1.29, 1.82) is 0 Å². The number of allylic oxidation sites excluding steroid dienone is 2. The molecule has 0 spiro atoms. The van der Waals surface area contributed by atoms with Gasteiger partial charge in [0.25, 0.3) is 0 Å². The lowest BCUT2D eigenvalue weighted by Gasteiger charge is -2.00. The van der Waals surface area contributed by atoms with Crippen LogP contribution in [0.1, 0.15) is 5.56 Å². The number of alkyl halides is 3. The van der Waals surface area contributed by atoms with Crippen LogP contribution in [0.2, 0.25) is 0 Å². The Kier molecular flexibility index (Phi) is 4.65. The Morgan fingerprint density at radius 1 is 1.20 bits per heavy atom. The smallest absolute Gasteiger partial charge is 0.209 e. The van der Waals surface area contributed by atoms with Crippen LogP contribution in [-0.2, 0) is 0 Å². The molecule has 0 aromatic heterocycles. The van der Waals surface area contributed by atoms with Crippen molar-refractivity contribution in [2.45, 2.75) is 10.7 Å². The van der Waals surface area contributed by atoms with Crippen LogP contribution in [0.25, 0.3) is 0 Å². The van der Waals surface area contributed by atoms with Gasteiger partial charge in [-0.05, 0) is 30.7 Å². The number of para-hydroxylation sites is 1. The molecule has 0 radical (unpaired) electrons. The van der Waals surface area contributed by atoms with E-state index in [-0.39, 0.29) is 0 Å². The summed E-state index contributed by atoms with van der Waals surface area (Å²) in [5.41, 5.74) is 2.02. The van der Waals surface area contributed by atoms with Crippen molar-refractivity contribution in [3.8, 4) is 0 Å². The summed E-state index contributed by atoms with van der Waals surface area (Å²) >= 11 is 16.6. The first-order chi connectivity index (χ1) is 6.99. The van der Waals surface area contributed by atoms with E-state index < -0.39 is 3.79 Å². The van der Waals surface area contributed by atoms with E-state index in [4.69, 9.17) is 34.8 Å². The third-order valence-electron chi connectivity index (χ3n) is 1.70. The number of hydrogen-bond donors (Lipinski definition) is 0. The topological polar surface area (TPSA) is 12.4 Å². The van der Waals surface area contributed by atoms with Crippen LogP contribution < -0.4 is 0 Å². The lowest BCUT2D eigenvalue weighted by molar-refractivity contribution is 1.40. The minimum Gasteiger partial charge on any atom is -0.257 e. The summed E-state index contributed by atoms with van der Waals surface area (Å²) in [5, 5.41) is 0. The first-order valence-corrected chi connectivity index (χ1v) is 5.47. The summed E-state index contributed by atoms with van der Waals surface area (Å²) in [4.78, 5) is 4.22. The zero-order valence-electron chi connectivity index (χ0n) is 8.12. The number of aryl methyl sites for hydroxylation is 1. The Morgan fingerprint density at radius 2 is 1.87 bits per heavy atom. The molecular weight excluding hydrogens is 252 g/mol. The summed E-state index contributed by atoms with van der Waals surface area (Å²) in [6.45, 7) is 1.99. The van der Waals surface area contributed by atoms with Crippen LogP contribution in [0.15, 0.2) is 41.4 Å². The number of halogens is 3. The molecule has 0 atom stereocenters. The zero-order chi connectivity index (χ0) is 11.3. The van der Waals surface area contributed by atoms with Gasteiger partial charge in [0.2, 0.25) is 3.79 Å². The molecule has 0 saturated heterocycles. The maximum absolute atomic E-state index is 5.53. The first kappa shape index (κ1) is 12.6. The molecule has 1 aromatic carbocycles. The third kappa shape index (κ3) is 5.22. The van der Waals surface area contributed by atoms with Gasteiger partial charge in [0, 0.05) is 6.21 Å². The predicted molar refractivity (Wildman–Crippen MR) is 68.8 cm³/mol. The first-order valence-electron chi connectivity index (χ1n) is 4.33. The van der Waals surface area contributed by atoms with E-state index in [0.717, 1.165) is 11.3 Å². The molecule has 0 N–H and O–H groups in total. The van der Waals surface area contributed by atoms with Gasteiger partial charge in [-0.15, -0.1) is 0 Å². The van der Waals surface area contributed by atoms with E-state index in [0.29, 0.717) is 0 Å². The van der Waals surface area contributed by atoms with Crippen molar-refractivity contribution >= 4 is 46.7 Å². The molecule has 0 aliphatic carbocycles. The molecule has 0 bridgehead atoms. The SMILES string of the molecule is Cc1ccccc1N=C/C=C\C(Cl)(Cl)Cl. The van der Waals surface area contributed by atoms with Crippen molar-refractivity contribution < 1.29 is 0 Å². The van der Waals surface area contributed by atoms with E-state index in [1.54, 1.807) is 12.3 Å². The Balaban J connectivity index is 2.67. The molecule has 0 fully saturated rings. The average Bonchev–Trinajstić information content (AvgIpc) is 2.13. The monoisotopic (exact) mass is 261 g/mol. The van der Waals surface area contributed by atoms with Gasteiger partial charge in [0.15, 0.2) is 0 Å². The number of nitrogens with zero attached hydrogens (tertiary/aromatic N) is 1. The Labute approximate surface area is 104 Å². The fourth-order valence-electron chi connectivity index (χ4n) is 0.984. The van der Waals surface area contributed by atoms with Crippen molar-refractivity contribution in [2.24, 2.45) is 4.99 Å². The van der Waals surface area contributed by atoms with Crippen LogP contribution in [0.5, 0.6) is 0 Å². The third-order valence-corrected chi connectivity index (χ3v) is 2.08. The second-order valence-electron chi connectivity index (χ2n) is 2.97. The molecule has 0 heterocycles. The van der Waals surface area contributed by atoms with E-state index in [1.165, 1.54) is 6.08 Å². The fourth-order valence-corrected chi connectivity index (χ4v) is 1.20. The van der Waals surface area contributed by atoms with Crippen LogP contribution in [0, 0.1) is 6.92 Å². The number of rotatable bonds is 2. The molecule has 1 aromatic rings. The minimum atomic E-state index is -1.36. The van der Waals surface area contributed by atoms with Crippen LogP contribution in [-0.4, -0.2) is 10.0 Å². The van der Waals surface area contributed by atoms with Gasteiger partial charge in [-0.3, -0.25) is 4.99 Å². The van der Waals surface area contributed by atoms with Crippen LogP contribution >= 0.6 is 34.8 Å². The number of hydrogen-bond acceptors (Lipinski definition) is 1. The zero-order valence-corrected chi connectivity index (χ0v) is 10.4. The highest BCUT2D eigenvalue weighted by Gasteiger charge is 2.12. The molecule has 1 nitrogen and oxygen atoms in total. The Morgan fingerprint density at radius 3 is 2.47 bits per heavy atom. The Bertz CT molecular complexity index is 378. The van der Waals surface area contributed by atoms with E-state index in [1.807, 2.05) is 31.2 Å². The van der Waals surface area contributed by atoms with E-state index in [9.17, 15) is 0 Å². The molecule has 0 aliphatic heterocycles. The molecule has 0 unspecified atom stereocenters. The number of benzene rings is 1.